The molecule has 2 amide bonds. The summed E-state index contributed by atoms with van der Waals surface area (Å²) in [5.41, 5.74) is 3.63. The number of piperazine rings is 1. The van der Waals surface area contributed by atoms with E-state index < -0.39 is 4.92 Å². The first-order chi connectivity index (χ1) is 15.2. The van der Waals surface area contributed by atoms with Crippen LogP contribution in [0.5, 0.6) is 0 Å². The number of nitrogens with zero attached hydrogens (tertiary/aromatic N) is 4. The maximum Gasteiger partial charge on any atom is 0.271 e. The highest BCUT2D eigenvalue weighted by atomic mass is 16.6. The van der Waals surface area contributed by atoms with Crippen LogP contribution in [0.3, 0.4) is 0 Å². The second kappa shape index (κ2) is 10.2. The predicted molar refractivity (Wildman–Crippen MR) is 124 cm³/mol. The molecular formula is C23H29N5O4. The van der Waals surface area contributed by atoms with E-state index in [2.05, 4.69) is 10.2 Å². The first-order valence-corrected chi connectivity index (χ1v) is 10.6. The number of rotatable bonds is 7. The van der Waals surface area contributed by atoms with E-state index in [1.807, 2.05) is 43.0 Å². The van der Waals surface area contributed by atoms with Gasteiger partial charge in [0.2, 0.25) is 11.8 Å². The van der Waals surface area contributed by atoms with E-state index in [-0.39, 0.29) is 30.6 Å². The SMILES string of the molecule is Cc1cccc(C)c1NC(=O)CN(C)C(=O)CN1CCN(c2cccc([N+](=O)[O-])c2)CC1. The Morgan fingerprint density at radius 2 is 1.69 bits per heavy atom. The van der Waals surface area contributed by atoms with Gasteiger partial charge in [0.1, 0.15) is 0 Å². The average molecular weight is 440 g/mol. The number of para-hydroxylation sites is 1. The summed E-state index contributed by atoms with van der Waals surface area (Å²) in [6.45, 7) is 6.76. The van der Waals surface area contributed by atoms with Crippen molar-refractivity contribution in [2.75, 3.05) is 56.5 Å². The Kier molecular flexibility index (Phi) is 7.42. The van der Waals surface area contributed by atoms with Crippen molar-refractivity contribution in [1.29, 1.82) is 0 Å². The summed E-state index contributed by atoms with van der Waals surface area (Å²) in [5.74, 6) is -0.348. The molecule has 2 aromatic carbocycles. The Balaban J connectivity index is 1.47. The maximum atomic E-state index is 12.6. The third-order valence-corrected chi connectivity index (χ3v) is 5.69. The standard InChI is InChI=1S/C23H29N5O4/c1-17-6-4-7-18(2)23(17)24-21(29)15-25(3)22(30)16-26-10-12-27(13-11-26)19-8-5-9-20(14-19)28(31)32/h4-9,14H,10-13,15-16H2,1-3H3,(H,24,29). The van der Waals surface area contributed by atoms with E-state index in [0.717, 1.165) is 22.5 Å². The highest BCUT2D eigenvalue weighted by molar-refractivity contribution is 5.95. The molecule has 1 aliphatic heterocycles. The van der Waals surface area contributed by atoms with Crippen LogP contribution >= 0.6 is 0 Å². The average Bonchev–Trinajstić information content (AvgIpc) is 2.77. The Hall–Kier alpha value is -3.46. The molecule has 1 N–H and O–H groups in total. The van der Waals surface area contributed by atoms with Gasteiger partial charge in [-0.05, 0) is 31.0 Å². The van der Waals surface area contributed by atoms with Crippen LogP contribution in [0.2, 0.25) is 0 Å². The van der Waals surface area contributed by atoms with Gasteiger partial charge in [-0.3, -0.25) is 24.6 Å². The molecule has 0 atom stereocenters. The number of carbonyl (C=O) groups excluding carboxylic acids is 2. The van der Waals surface area contributed by atoms with Crippen LogP contribution in [0.25, 0.3) is 0 Å². The first-order valence-electron chi connectivity index (χ1n) is 10.6. The van der Waals surface area contributed by atoms with Gasteiger partial charge in [-0.1, -0.05) is 24.3 Å². The van der Waals surface area contributed by atoms with Crippen molar-refractivity contribution in [1.82, 2.24) is 9.80 Å². The van der Waals surface area contributed by atoms with Crippen LogP contribution in [0.1, 0.15) is 11.1 Å². The van der Waals surface area contributed by atoms with E-state index in [0.29, 0.717) is 26.2 Å². The van der Waals surface area contributed by atoms with Crippen molar-refractivity contribution in [3.63, 3.8) is 0 Å². The zero-order valence-corrected chi connectivity index (χ0v) is 18.7. The third-order valence-electron chi connectivity index (χ3n) is 5.69. The minimum Gasteiger partial charge on any atom is -0.369 e. The first kappa shape index (κ1) is 23.2. The lowest BCUT2D eigenvalue weighted by Gasteiger charge is -2.36. The molecular weight excluding hydrogens is 410 g/mol. The van der Waals surface area contributed by atoms with Crippen LogP contribution in [0.4, 0.5) is 17.1 Å². The van der Waals surface area contributed by atoms with E-state index in [4.69, 9.17) is 0 Å². The largest absolute Gasteiger partial charge is 0.369 e. The van der Waals surface area contributed by atoms with E-state index in [9.17, 15) is 19.7 Å². The second-order valence-corrected chi connectivity index (χ2v) is 8.10. The highest BCUT2D eigenvalue weighted by Gasteiger charge is 2.22. The summed E-state index contributed by atoms with van der Waals surface area (Å²) in [6.07, 6.45) is 0. The fourth-order valence-electron chi connectivity index (χ4n) is 3.77. The molecule has 1 saturated heterocycles. The summed E-state index contributed by atoms with van der Waals surface area (Å²) in [4.78, 5) is 41.2. The smallest absolute Gasteiger partial charge is 0.271 e. The minimum absolute atomic E-state index is 0.0136. The Labute approximate surface area is 187 Å². The number of nitrogens with one attached hydrogen (secondary N) is 1. The molecule has 9 heteroatoms. The van der Waals surface area contributed by atoms with Gasteiger partial charge in [0.05, 0.1) is 18.0 Å². The molecule has 9 nitrogen and oxygen atoms in total. The normalized spacial score (nSPS) is 14.2. The number of carbonyl (C=O) groups is 2. The summed E-state index contributed by atoms with van der Waals surface area (Å²) in [7, 11) is 1.63. The number of nitro benzene ring substituents is 1. The Morgan fingerprint density at radius 3 is 2.31 bits per heavy atom. The quantitative estimate of drug-likeness (QED) is 0.526. The zero-order valence-electron chi connectivity index (χ0n) is 18.7. The number of hydrogen-bond acceptors (Lipinski definition) is 6. The number of nitro groups is 1. The number of benzene rings is 2. The predicted octanol–water partition coefficient (Wildman–Crippen LogP) is 2.43. The molecule has 32 heavy (non-hydrogen) atoms. The number of amides is 2. The lowest BCUT2D eigenvalue weighted by Crippen LogP contribution is -2.50. The fourth-order valence-corrected chi connectivity index (χ4v) is 3.77. The molecule has 1 fully saturated rings. The molecule has 1 aliphatic rings. The zero-order chi connectivity index (χ0) is 23.3. The molecule has 3 rings (SSSR count). The van der Waals surface area contributed by atoms with Crippen molar-refractivity contribution in [2.45, 2.75) is 13.8 Å². The van der Waals surface area contributed by atoms with E-state index in [1.54, 1.807) is 19.2 Å². The Morgan fingerprint density at radius 1 is 1.06 bits per heavy atom. The van der Waals surface area contributed by atoms with Crippen molar-refractivity contribution < 1.29 is 14.5 Å². The number of non-ortho nitro benzene ring substituents is 1. The van der Waals surface area contributed by atoms with Gasteiger partial charge >= 0.3 is 0 Å². The van der Waals surface area contributed by atoms with Gasteiger partial charge in [-0.15, -0.1) is 0 Å². The van der Waals surface area contributed by atoms with Gasteiger partial charge in [0.15, 0.2) is 0 Å². The topological polar surface area (TPSA) is 99.0 Å². The molecule has 0 spiro atoms. The molecule has 0 aromatic heterocycles. The van der Waals surface area contributed by atoms with Crippen molar-refractivity contribution in [3.8, 4) is 0 Å². The van der Waals surface area contributed by atoms with Crippen molar-refractivity contribution in [2.24, 2.45) is 0 Å². The Bertz CT molecular complexity index is 981. The molecule has 1 heterocycles. The number of anilines is 2. The lowest BCUT2D eigenvalue weighted by molar-refractivity contribution is -0.384. The third kappa shape index (κ3) is 5.82. The van der Waals surface area contributed by atoms with Gasteiger partial charge < -0.3 is 15.1 Å². The van der Waals surface area contributed by atoms with Crippen molar-refractivity contribution in [3.05, 3.63) is 63.7 Å². The van der Waals surface area contributed by atoms with Crippen molar-refractivity contribution >= 4 is 28.9 Å². The van der Waals surface area contributed by atoms with Gasteiger partial charge in [0, 0.05) is 56.7 Å². The second-order valence-electron chi connectivity index (χ2n) is 8.10. The summed E-state index contributed by atoms with van der Waals surface area (Å²) >= 11 is 0. The molecule has 2 aromatic rings. The molecule has 0 radical (unpaired) electrons. The molecule has 170 valence electrons. The molecule has 0 unspecified atom stereocenters. The van der Waals surface area contributed by atoms with Gasteiger partial charge in [-0.25, -0.2) is 0 Å². The summed E-state index contributed by atoms with van der Waals surface area (Å²) in [5, 5.41) is 13.9. The van der Waals surface area contributed by atoms with Crippen LogP contribution in [0, 0.1) is 24.0 Å². The fraction of sp³-hybridized carbons (Fsp3) is 0.391. The summed E-state index contributed by atoms with van der Waals surface area (Å²) in [6, 6.07) is 12.4. The van der Waals surface area contributed by atoms with Gasteiger partial charge in [-0.2, -0.15) is 0 Å². The highest BCUT2D eigenvalue weighted by Crippen LogP contribution is 2.22. The molecule has 0 bridgehead atoms. The van der Waals surface area contributed by atoms with Crippen LogP contribution in [0.15, 0.2) is 42.5 Å². The minimum atomic E-state index is -0.398. The van der Waals surface area contributed by atoms with Gasteiger partial charge in [0.25, 0.3) is 5.69 Å². The van der Waals surface area contributed by atoms with Crippen LogP contribution < -0.4 is 10.2 Å². The number of likely N-dealkylation sites (N-methyl/N-ethyl adjacent to an activating group) is 1. The molecule has 0 saturated carbocycles. The number of hydrogen-bond donors (Lipinski definition) is 1. The molecule has 0 aliphatic carbocycles. The van der Waals surface area contributed by atoms with Crippen LogP contribution in [-0.2, 0) is 9.59 Å². The summed E-state index contributed by atoms with van der Waals surface area (Å²) < 4.78 is 0. The number of aryl methyl sites for hydroxylation is 2. The van der Waals surface area contributed by atoms with E-state index >= 15 is 0 Å². The lowest BCUT2D eigenvalue weighted by atomic mass is 10.1. The maximum absolute atomic E-state index is 12.6. The van der Waals surface area contributed by atoms with E-state index in [1.165, 1.54) is 11.0 Å². The monoisotopic (exact) mass is 439 g/mol. The van der Waals surface area contributed by atoms with Crippen LogP contribution in [-0.4, -0.2) is 72.9 Å².